The van der Waals surface area contributed by atoms with Gasteiger partial charge in [0.15, 0.2) is 5.13 Å². The standard InChI is InChI=1S/C13H13BrN2O2S/c1-7(12(17)18-2)9-4-3-8(14)5-10(9)11-6-19-13(15)16-11/h3-7H,1-2H3,(H2,15,16). The van der Waals surface area contributed by atoms with Crippen LogP contribution in [0.1, 0.15) is 18.4 Å². The minimum atomic E-state index is -0.351. The molecule has 0 amide bonds. The molecule has 1 aromatic carbocycles. The monoisotopic (exact) mass is 340 g/mol. The van der Waals surface area contributed by atoms with Gasteiger partial charge in [-0.25, -0.2) is 4.98 Å². The Balaban J connectivity index is 2.52. The maximum atomic E-state index is 11.7. The van der Waals surface area contributed by atoms with Gasteiger partial charge >= 0.3 is 5.97 Å². The third-order valence-electron chi connectivity index (χ3n) is 2.83. The average Bonchev–Trinajstić information content (AvgIpc) is 2.83. The second-order valence-electron chi connectivity index (χ2n) is 4.05. The highest BCUT2D eigenvalue weighted by Gasteiger charge is 2.20. The quantitative estimate of drug-likeness (QED) is 0.869. The van der Waals surface area contributed by atoms with Crippen LogP contribution in [0.4, 0.5) is 5.13 Å². The van der Waals surface area contributed by atoms with E-state index in [9.17, 15) is 4.79 Å². The second kappa shape index (κ2) is 5.71. The van der Waals surface area contributed by atoms with Crippen LogP contribution in [0.15, 0.2) is 28.1 Å². The largest absolute Gasteiger partial charge is 0.469 e. The van der Waals surface area contributed by atoms with Crippen LogP contribution in [0.2, 0.25) is 0 Å². The molecule has 2 aromatic rings. The summed E-state index contributed by atoms with van der Waals surface area (Å²) in [4.78, 5) is 16.0. The molecule has 6 heteroatoms. The SMILES string of the molecule is COC(=O)C(C)c1ccc(Br)cc1-c1csc(N)n1. The number of methoxy groups -OCH3 is 1. The van der Waals surface area contributed by atoms with Gasteiger partial charge in [0.25, 0.3) is 0 Å². The Labute approximate surface area is 123 Å². The summed E-state index contributed by atoms with van der Waals surface area (Å²) < 4.78 is 5.73. The highest BCUT2D eigenvalue weighted by molar-refractivity contribution is 9.10. The number of ether oxygens (including phenoxy) is 1. The Bertz CT molecular complexity index is 612. The summed E-state index contributed by atoms with van der Waals surface area (Å²) in [6.07, 6.45) is 0. The normalized spacial score (nSPS) is 12.2. The van der Waals surface area contributed by atoms with E-state index in [1.165, 1.54) is 18.4 Å². The second-order valence-corrected chi connectivity index (χ2v) is 5.85. The predicted octanol–water partition coefficient (Wildman–Crippen LogP) is 3.43. The molecule has 2 N–H and O–H groups in total. The number of thiazole rings is 1. The summed E-state index contributed by atoms with van der Waals surface area (Å²) in [5, 5.41) is 2.39. The molecular formula is C13H13BrN2O2S. The predicted molar refractivity (Wildman–Crippen MR) is 80.1 cm³/mol. The van der Waals surface area contributed by atoms with Crippen molar-refractivity contribution in [1.29, 1.82) is 0 Å². The molecule has 19 heavy (non-hydrogen) atoms. The average molecular weight is 341 g/mol. The van der Waals surface area contributed by atoms with Crippen LogP contribution in [0.5, 0.6) is 0 Å². The molecule has 0 spiro atoms. The first-order chi connectivity index (χ1) is 9.02. The van der Waals surface area contributed by atoms with Crippen LogP contribution in [-0.4, -0.2) is 18.1 Å². The van der Waals surface area contributed by atoms with Crippen molar-refractivity contribution in [3.63, 3.8) is 0 Å². The molecule has 1 atom stereocenters. The topological polar surface area (TPSA) is 65.2 Å². The smallest absolute Gasteiger partial charge is 0.312 e. The van der Waals surface area contributed by atoms with Crippen LogP contribution >= 0.6 is 27.3 Å². The van der Waals surface area contributed by atoms with Gasteiger partial charge in [0, 0.05) is 15.4 Å². The van der Waals surface area contributed by atoms with Crippen molar-refractivity contribution in [3.8, 4) is 11.3 Å². The van der Waals surface area contributed by atoms with Crippen LogP contribution in [0.3, 0.4) is 0 Å². The molecule has 4 nitrogen and oxygen atoms in total. The fourth-order valence-corrected chi connectivity index (χ4v) is 2.77. The Kier molecular flexibility index (Phi) is 4.21. The molecule has 0 fully saturated rings. The van der Waals surface area contributed by atoms with Gasteiger partial charge in [0.1, 0.15) is 0 Å². The number of nitrogens with zero attached hydrogens (tertiary/aromatic N) is 1. The Hall–Kier alpha value is -1.40. The molecule has 0 aliphatic rings. The molecule has 0 saturated heterocycles. The minimum absolute atomic E-state index is 0.272. The van der Waals surface area contributed by atoms with E-state index < -0.39 is 0 Å². The zero-order valence-electron chi connectivity index (χ0n) is 10.5. The number of aromatic nitrogens is 1. The van der Waals surface area contributed by atoms with Crippen LogP contribution in [0.25, 0.3) is 11.3 Å². The van der Waals surface area contributed by atoms with Gasteiger partial charge in [-0.15, -0.1) is 11.3 Å². The van der Waals surface area contributed by atoms with Gasteiger partial charge in [-0.1, -0.05) is 22.0 Å². The maximum absolute atomic E-state index is 11.7. The van der Waals surface area contributed by atoms with Gasteiger partial charge in [-0.05, 0) is 24.6 Å². The number of benzene rings is 1. The van der Waals surface area contributed by atoms with E-state index in [1.54, 1.807) is 0 Å². The number of carbonyl (C=O) groups is 1. The number of esters is 1. The Morgan fingerprint density at radius 1 is 1.53 bits per heavy atom. The lowest BCUT2D eigenvalue weighted by Gasteiger charge is -2.14. The lowest BCUT2D eigenvalue weighted by atomic mass is 9.94. The van der Waals surface area contributed by atoms with Crippen LogP contribution in [0, 0.1) is 0 Å². The first-order valence-electron chi connectivity index (χ1n) is 5.61. The molecule has 100 valence electrons. The maximum Gasteiger partial charge on any atom is 0.312 e. The number of anilines is 1. The van der Waals surface area contributed by atoms with Gasteiger partial charge < -0.3 is 10.5 Å². The molecular weight excluding hydrogens is 328 g/mol. The summed E-state index contributed by atoms with van der Waals surface area (Å²) in [7, 11) is 1.39. The molecule has 2 rings (SSSR count). The molecule has 0 saturated carbocycles. The zero-order chi connectivity index (χ0) is 14.0. The van der Waals surface area contributed by atoms with Crippen molar-refractivity contribution in [2.24, 2.45) is 0 Å². The van der Waals surface area contributed by atoms with Crippen molar-refractivity contribution in [3.05, 3.63) is 33.6 Å². The van der Waals surface area contributed by atoms with Crippen LogP contribution in [-0.2, 0) is 9.53 Å². The molecule has 0 radical (unpaired) electrons. The van der Waals surface area contributed by atoms with E-state index in [1.807, 2.05) is 30.5 Å². The Morgan fingerprint density at radius 3 is 2.84 bits per heavy atom. The van der Waals surface area contributed by atoms with Gasteiger partial charge in [-0.2, -0.15) is 0 Å². The number of halogens is 1. The number of carbonyl (C=O) groups excluding carboxylic acids is 1. The molecule has 0 aliphatic heterocycles. The summed E-state index contributed by atoms with van der Waals surface area (Å²) in [6, 6.07) is 5.73. The molecule has 1 unspecified atom stereocenters. The van der Waals surface area contributed by atoms with Crippen LogP contribution < -0.4 is 5.73 Å². The summed E-state index contributed by atoms with van der Waals surface area (Å²) in [6.45, 7) is 1.81. The van der Waals surface area contributed by atoms with Gasteiger partial charge in [0.05, 0.1) is 18.7 Å². The first kappa shape index (κ1) is 14.0. The van der Waals surface area contributed by atoms with Gasteiger partial charge in [0.2, 0.25) is 0 Å². The molecule has 0 bridgehead atoms. The number of nitrogen functional groups attached to an aromatic ring is 1. The fourth-order valence-electron chi connectivity index (χ4n) is 1.84. The summed E-state index contributed by atoms with van der Waals surface area (Å²) >= 11 is 4.81. The highest BCUT2D eigenvalue weighted by Crippen LogP contribution is 2.33. The van der Waals surface area contributed by atoms with E-state index in [-0.39, 0.29) is 11.9 Å². The number of hydrogen-bond donors (Lipinski definition) is 1. The zero-order valence-corrected chi connectivity index (χ0v) is 12.9. The van der Waals surface area contributed by atoms with Crippen molar-refractivity contribution in [1.82, 2.24) is 4.98 Å². The number of rotatable bonds is 3. The lowest BCUT2D eigenvalue weighted by molar-refractivity contribution is -0.141. The number of hydrogen-bond acceptors (Lipinski definition) is 5. The summed E-state index contributed by atoms with van der Waals surface area (Å²) in [5.41, 5.74) is 8.21. The summed E-state index contributed by atoms with van der Waals surface area (Å²) in [5.74, 6) is -0.622. The minimum Gasteiger partial charge on any atom is -0.469 e. The first-order valence-corrected chi connectivity index (χ1v) is 7.29. The van der Waals surface area contributed by atoms with E-state index in [4.69, 9.17) is 10.5 Å². The van der Waals surface area contributed by atoms with E-state index in [0.29, 0.717) is 5.13 Å². The van der Waals surface area contributed by atoms with Gasteiger partial charge in [-0.3, -0.25) is 4.79 Å². The van der Waals surface area contributed by atoms with Crippen molar-refractivity contribution in [2.45, 2.75) is 12.8 Å². The van der Waals surface area contributed by atoms with Crippen molar-refractivity contribution < 1.29 is 9.53 Å². The highest BCUT2D eigenvalue weighted by atomic mass is 79.9. The van der Waals surface area contributed by atoms with E-state index in [0.717, 1.165) is 21.3 Å². The molecule has 0 aliphatic carbocycles. The van der Waals surface area contributed by atoms with E-state index >= 15 is 0 Å². The molecule has 1 heterocycles. The third kappa shape index (κ3) is 2.96. The fraction of sp³-hybridized carbons (Fsp3) is 0.231. The Morgan fingerprint density at radius 2 is 2.26 bits per heavy atom. The number of nitrogens with two attached hydrogens (primary N) is 1. The van der Waals surface area contributed by atoms with Crippen molar-refractivity contribution >= 4 is 38.4 Å². The molecule has 1 aromatic heterocycles. The third-order valence-corrected chi connectivity index (χ3v) is 4.00. The lowest BCUT2D eigenvalue weighted by Crippen LogP contribution is -2.11. The van der Waals surface area contributed by atoms with E-state index in [2.05, 4.69) is 20.9 Å². The van der Waals surface area contributed by atoms with Crippen molar-refractivity contribution in [2.75, 3.05) is 12.8 Å².